The number of Topliss-reactive ketones (excluding diaryl/α,β-unsaturated/α-hetero) is 1. The lowest BCUT2D eigenvalue weighted by molar-refractivity contribution is -0.115. The molecular formula is C13H12FN3O2S3. The Hall–Kier alpha value is -1.45. The second-order valence-electron chi connectivity index (χ2n) is 4.22. The minimum atomic E-state index is -0.422. The Morgan fingerprint density at radius 3 is 2.55 bits per heavy atom. The average molecular weight is 357 g/mol. The number of rotatable bonds is 7. The Morgan fingerprint density at radius 1 is 1.27 bits per heavy atom. The number of hydrogen-bond donors (Lipinski definition) is 1. The van der Waals surface area contributed by atoms with Gasteiger partial charge in [0.15, 0.2) is 14.5 Å². The van der Waals surface area contributed by atoms with Gasteiger partial charge in [0.1, 0.15) is 5.82 Å². The highest BCUT2D eigenvalue weighted by atomic mass is 32.2. The standard InChI is InChI=1S/C13H12FN3O2S3/c1-7(11(19)8-2-4-9(14)5-3-8)21-13-17-16-12(22-13)20-6-10(15)18/h2-5,7H,6H2,1H3,(H2,15,18)/t7-/m0/s1. The summed E-state index contributed by atoms with van der Waals surface area (Å²) in [5.74, 6) is -0.763. The number of halogens is 1. The molecule has 1 amide bonds. The minimum Gasteiger partial charge on any atom is -0.369 e. The Labute approximate surface area is 138 Å². The van der Waals surface area contributed by atoms with E-state index in [0.717, 1.165) is 0 Å². The number of primary amides is 1. The molecular weight excluding hydrogens is 345 g/mol. The van der Waals surface area contributed by atoms with Gasteiger partial charge in [-0.05, 0) is 31.2 Å². The van der Waals surface area contributed by atoms with Crippen molar-refractivity contribution in [3.63, 3.8) is 0 Å². The first-order chi connectivity index (χ1) is 10.5. The molecule has 0 aliphatic heterocycles. The van der Waals surface area contributed by atoms with Crippen LogP contribution >= 0.6 is 34.9 Å². The Balaban J connectivity index is 1.96. The maximum Gasteiger partial charge on any atom is 0.227 e. The Kier molecular flexibility index (Phi) is 5.92. The summed E-state index contributed by atoms with van der Waals surface area (Å²) in [5, 5.41) is 7.53. The zero-order valence-electron chi connectivity index (χ0n) is 11.5. The SMILES string of the molecule is C[C@H](Sc1nnc(SCC(N)=O)s1)C(=O)c1ccc(F)cc1. The van der Waals surface area contributed by atoms with Crippen molar-refractivity contribution in [2.75, 3.05) is 5.75 Å². The molecule has 0 fully saturated rings. The lowest BCUT2D eigenvalue weighted by atomic mass is 10.1. The van der Waals surface area contributed by atoms with E-state index in [4.69, 9.17) is 5.73 Å². The number of thioether (sulfide) groups is 2. The van der Waals surface area contributed by atoms with Gasteiger partial charge in [-0.15, -0.1) is 10.2 Å². The summed E-state index contributed by atoms with van der Waals surface area (Å²) in [4.78, 5) is 22.9. The predicted molar refractivity (Wildman–Crippen MR) is 85.9 cm³/mol. The highest BCUT2D eigenvalue weighted by Crippen LogP contribution is 2.32. The van der Waals surface area contributed by atoms with Gasteiger partial charge in [0, 0.05) is 5.56 Å². The number of benzene rings is 1. The molecule has 1 aromatic heterocycles. The smallest absolute Gasteiger partial charge is 0.227 e. The summed E-state index contributed by atoms with van der Waals surface area (Å²) < 4.78 is 14.1. The van der Waals surface area contributed by atoms with Crippen LogP contribution in [0.3, 0.4) is 0 Å². The molecule has 0 aliphatic carbocycles. The van der Waals surface area contributed by atoms with Crippen molar-refractivity contribution in [2.45, 2.75) is 20.9 Å². The number of amides is 1. The van der Waals surface area contributed by atoms with Gasteiger partial charge >= 0.3 is 0 Å². The lowest BCUT2D eigenvalue weighted by Gasteiger charge is -2.07. The van der Waals surface area contributed by atoms with Gasteiger partial charge in [-0.1, -0.05) is 34.9 Å². The van der Waals surface area contributed by atoms with Crippen molar-refractivity contribution in [3.05, 3.63) is 35.6 Å². The van der Waals surface area contributed by atoms with Crippen molar-refractivity contribution >= 4 is 46.6 Å². The largest absolute Gasteiger partial charge is 0.369 e. The van der Waals surface area contributed by atoms with Crippen molar-refractivity contribution in [1.29, 1.82) is 0 Å². The summed E-state index contributed by atoms with van der Waals surface area (Å²) in [6, 6.07) is 5.44. The lowest BCUT2D eigenvalue weighted by Crippen LogP contribution is -2.13. The van der Waals surface area contributed by atoms with Crippen LogP contribution in [0.1, 0.15) is 17.3 Å². The number of nitrogens with two attached hydrogens (primary N) is 1. The van der Waals surface area contributed by atoms with Gasteiger partial charge in [-0.25, -0.2) is 4.39 Å². The molecule has 9 heteroatoms. The monoisotopic (exact) mass is 357 g/mol. The summed E-state index contributed by atoms with van der Waals surface area (Å²) in [6.45, 7) is 1.76. The van der Waals surface area contributed by atoms with Gasteiger partial charge in [0.05, 0.1) is 11.0 Å². The normalized spacial score (nSPS) is 12.1. The van der Waals surface area contributed by atoms with Crippen molar-refractivity contribution in [2.24, 2.45) is 5.73 Å². The Morgan fingerprint density at radius 2 is 1.91 bits per heavy atom. The zero-order valence-corrected chi connectivity index (χ0v) is 13.9. The summed E-state index contributed by atoms with van der Waals surface area (Å²) in [6.07, 6.45) is 0. The molecule has 22 heavy (non-hydrogen) atoms. The summed E-state index contributed by atoms with van der Waals surface area (Å²) >= 11 is 3.79. The minimum absolute atomic E-state index is 0.105. The van der Waals surface area contributed by atoms with Crippen molar-refractivity contribution in [1.82, 2.24) is 10.2 Å². The molecule has 5 nitrogen and oxygen atoms in total. The molecule has 0 spiro atoms. The first-order valence-corrected chi connectivity index (χ1v) is 8.85. The summed E-state index contributed by atoms with van der Waals surface area (Å²) in [7, 11) is 0. The molecule has 0 aliphatic rings. The number of ketones is 1. The van der Waals surface area contributed by atoms with E-state index in [0.29, 0.717) is 14.2 Å². The number of nitrogens with zero attached hydrogens (tertiary/aromatic N) is 2. The number of aromatic nitrogens is 2. The molecule has 2 N–H and O–H groups in total. The molecule has 2 rings (SSSR count). The van der Waals surface area contributed by atoms with E-state index in [-0.39, 0.29) is 22.6 Å². The maximum absolute atomic E-state index is 12.9. The molecule has 1 aromatic carbocycles. The highest BCUT2D eigenvalue weighted by Gasteiger charge is 2.19. The molecule has 1 heterocycles. The fraction of sp³-hybridized carbons (Fsp3) is 0.231. The molecule has 0 saturated heterocycles. The van der Waals surface area contributed by atoms with Crippen LogP contribution < -0.4 is 5.73 Å². The van der Waals surface area contributed by atoms with Crippen LogP contribution in [-0.2, 0) is 4.79 Å². The molecule has 0 radical (unpaired) electrons. The third-order valence-electron chi connectivity index (χ3n) is 2.50. The van der Waals surface area contributed by atoms with Crippen LogP contribution in [0.5, 0.6) is 0 Å². The van der Waals surface area contributed by atoms with E-state index in [2.05, 4.69) is 10.2 Å². The Bertz CT molecular complexity index is 675. The van der Waals surface area contributed by atoms with Crippen LogP contribution in [-0.4, -0.2) is 32.9 Å². The van der Waals surface area contributed by atoms with Gasteiger partial charge in [-0.3, -0.25) is 9.59 Å². The van der Waals surface area contributed by atoms with Gasteiger partial charge < -0.3 is 5.73 Å². The third-order valence-corrected chi connectivity index (χ3v) is 5.76. The van der Waals surface area contributed by atoms with Crippen LogP contribution in [0.4, 0.5) is 4.39 Å². The molecule has 0 saturated carbocycles. The van der Waals surface area contributed by atoms with Crippen LogP contribution in [0.25, 0.3) is 0 Å². The quantitative estimate of drug-likeness (QED) is 0.605. The summed E-state index contributed by atoms with van der Waals surface area (Å²) in [5.41, 5.74) is 5.52. The fourth-order valence-corrected chi connectivity index (χ4v) is 4.47. The van der Waals surface area contributed by atoms with Gasteiger partial charge in [0.2, 0.25) is 5.91 Å². The van der Waals surface area contributed by atoms with Crippen molar-refractivity contribution < 1.29 is 14.0 Å². The molecule has 2 aromatic rings. The van der Waals surface area contributed by atoms with Gasteiger partial charge in [-0.2, -0.15) is 0 Å². The van der Waals surface area contributed by atoms with E-state index in [1.54, 1.807) is 6.92 Å². The first kappa shape index (κ1) is 16.9. The van der Waals surface area contributed by atoms with E-state index >= 15 is 0 Å². The van der Waals surface area contributed by atoms with E-state index < -0.39 is 5.91 Å². The van der Waals surface area contributed by atoms with Crippen LogP contribution in [0.15, 0.2) is 32.9 Å². The van der Waals surface area contributed by atoms with Gasteiger partial charge in [0.25, 0.3) is 0 Å². The molecule has 0 bridgehead atoms. The highest BCUT2D eigenvalue weighted by molar-refractivity contribution is 8.04. The topological polar surface area (TPSA) is 85.9 Å². The van der Waals surface area contributed by atoms with E-state index in [9.17, 15) is 14.0 Å². The second-order valence-corrected chi connectivity index (χ2v) is 8.01. The molecule has 116 valence electrons. The number of carbonyl (C=O) groups is 2. The maximum atomic E-state index is 12.9. The fourth-order valence-electron chi connectivity index (χ4n) is 1.49. The first-order valence-electron chi connectivity index (χ1n) is 6.16. The number of hydrogen-bond acceptors (Lipinski definition) is 7. The molecule has 0 unspecified atom stereocenters. The third kappa shape index (κ3) is 4.79. The molecule has 1 atom stereocenters. The average Bonchev–Trinajstić information content (AvgIpc) is 2.92. The van der Waals surface area contributed by atoms with E-state index in [1.807, 2.05) is 0 Å². The van der Waals surface area contributed by atoms with Crippen LogP contribution in [0.2, 0.25) is 0 Å². The predicted octanol–water partition coefficient (Wildman–Crippen LogP) is 2.62. The van der Waals surface area contributed by atoms with Crippen LogP contribution in [0, 0.1) is 5.82 Å². The second kappa shape index (κ2) is 7.70. The van der Waals surface area contributed by atoms with E-state index in [1.165, 1.54) is 59.1 Å². The van der Waals surface area contributed by atoms with Crippen molar-refractivity contribution in [3.8, 4) is 0 Å². The zero-order chi connectivity index (χ0) is 16.1. The number of carbonyl (C=O) groups excluding carboxylic acids is 2.